The van der Waals surface area contributed by atoms with Crippen molar-refractivity contribution in [2.45, 2.75) is 30.6 Å². The lowest BCUT2D eigenvalue weighted by molar-refractivity contribution is 0.419. The second-order valence-corrected chi connectivity index (χ2v) is 9.74. The van der Waals surface area contributed by atoms with E-state index in [1.54, 1.807) is 19.2 Å². The highest BCUT2D eigenvalue weighted by Crippen LogP contribution is 2.27. The Hall–Kier alpha value is -3.43. The van der Waals surface area contributed by atoms with E-state index in [-0.39, 0.29) is 0 Å². The molecule has 4 aromatic rings. The molecule has 4 rings (SSSR count). The highest BCUT2D eigenvalue weighted by molar-refractivity contribution is 7.89. The number of rotatable bonds is 11. The number of ether oxygens (including phenoxy) is 1. The molecule has 9 heteroatoms. The molecule has 8 nitrogen and oxygen atoms in total. The Morgan fingerprint density at radius 3 is 2.38 bits per heavy atom. The number of benzene rings is 3. The minimum absolute atomic E-state index is 0.320. The lowest BCUT2D eigenvalue weighted by Gasteiger charge is -2.10. The molecule has 0 spiro atoms. The van der Waals surface area contributed by atoms with Crippen molar-refractivity contribution in [3.8, 4) is 5.75 Å². The summed E-state index contributed by atoms with van der Waals surface area (Å²) in [7, 11) is -1.95. The molecule has 0 amide bonds. The molecule has 0 atom stereocenters. The van der Waals surface area contributed by atoms with E-state index in [4.69, 9.17) is 10.5 Å². The van der Waals surface area contributed by atoms with E-state index in [1.165, 1.54) is 0 Å². The number of hydrogen-bond acceptors (Lipinski definition) is 7. The Balaban J connectivity index is 1.21. The SMILES string of the molecule is COc1cccc2c(N)nc(NCCCCCCNS(=O)(=O)c3cccc4ccccc34)nc12. The van der Waals surface area contributed by atoms with Crippen LogP contribution in [0.3, 0.4) is 0 Å². The van der Waals surface area contributed by atoms with Crippen LogP contribution in [0.1, 0.15) is 25.7 Å². The zero-order valence-electron chi connectivity index (χ0n) is 19.1. The first-order valence-electron chi connectivity index (χ1n) is 11.3. The van der Waals surface area contributed by atoms with Gasteiger partial charge in [0.2, 0.25) is 16.0 Å². The van der Waals surface area contributed by atoms with Crippen LogP contribution in [0, 0.1) is 0 Å². The molecule has 0 radical (unpaired) electrons. The van der Waals surface area contributed by atoms with Crippen molar-refractivity contribution in [1.82, 2.24) is 14.7 Å². The molecule has 34 heavy (non-hydrogen) atoms. The van der Waals surface area contributed by atoms with Gasteiger partial charge in [-0.2, -0.15) is 4.98 Å². The van der Waals surface area contributed by atoms with Gasteiger partial charge >= 0.3 is 0 Å². The van der Waals surface area contributed by atoms with Crippen molar-refractivity contribution in [2.24, 2.45) is 0 Å². The molecule has 0 unspecified atom stereocenters. The van der Waals surface area contributed by atoms with Gasteiger partial charge in [0.25, 0.3) is 0 Å². The number of methoxy groups -OCH3 is 1. The number of para-hydroxylation sites is 1. The highest BCUT2D eigenvalue weighted by atomic mass is 32.2. The molecule has 3 aromatic carbocycles. The van der Waals surface area contributed by atoms with Crippen LogP contribution in [0.2, 0.25) is 0 Å². The van der Waals surface area contributed by atoms with Crippen molar-refractivity contribution in [3.63, 3.8) is 0 Å². The number of nitrogen functional groups attached to an aromatic ring is 1. The Bertz CT molecular complexity index is 1390. The predicted octanol–water partition coefficient (Wildman–Crippen LogP) is 4.32. The molecule has 0 bridgehead atoms. The van der Waals surface area contributed by atoms with E-state index in [9.17, 15) is 8.42 Å². The number of nitrogens with two attached hydrogens (primary N) is 1. The van der Waals surface area contributed by atoms with Crippen LogP contribution in [-0.4, -0.2) is 38.6 Å². The van der Waals surface area contributed by atoms with Gasteiger partial charge in [-0.15, -0.1) is 0 Å². The predicted molar refractivity (Wildman–Crippen MR) is 137 cm³/mol. The van der Waals surface area contributed by atoms with Gasteiger partial charge in [0, 0.05) is 23.9 Å². The minimum Gasteiger partial charge on any atom is -0.494 e. The van der Waals surface area contributed by atoms with Crippen molar-refractivity contribution >= 4 is 43.5 Å². The van der Waals surface area contributed by atoms with Gasteiger partial charge in [0.15, 0.2) is 0 Å². The van der Waals surface area contributed by atoms with Gasteiger partial charge in [-0.3, -0.25) is 0 Å². The van der Waals surface area contributed by atoms with E-state index < -0.39 is 10.0 Å². The molecule has 0 aliphatic rings. The second-order valence-electron chi connectivity index (χ2n) is 8.00. The lowest BCUT2D eigenvalue weighted by Crippen LogP contribution is -2.25. The summed E-state index contributed by atoms with van der Waals surface area (Å²) in [4.78, 5) is 9.17. The highest BCUT2D eigenvalue weighted by Gasteiger charge is 2.16. The molecule has 0 aliphatic carbocycles. The van der Waals surface area contributed by atoms with Crippen LogP contribution in [0.25, 0.3) is 21.7 Å². The molecule has 1 heterocycles. The third kappa shape index (κ3) is 5.37. The Morgan fingerprint density at radius 1 is 0.853 bits per heavy atom. The fraction of sp³-hybridized carbons (Fsp3) is 0.280. The summed E-state index contributed by atoms with van der Waals surface area (Å²) < 4.78 is 33.6. The Kier molecular flexibility index (Phi) is 7.44. The number of aromatic nitrogens is 2. The van der Waals surface area contributed by atoms with E-state index >= 15 is 0 Å². The fourth-order valence-corrected chi connectivity index (χ4v) is 5.21. The van der Waals surface area contributed by atoms with Gasteiger partial charge in [0.1, 0.15) is 17.1 Å². The maximum atomic E-state index is 12.8. The Labute approximate surface area is 199 Å². The zero-order chi connectivity index (χ0) is 24.0. The number of hydrogen-bond donors (Lipinski definition) is 3. The normalized spacial score (nSPS) is 11.7. The summed E-state index contributed by atoms with van der Waals surface area (Å²) in [5.74, 6) is 1.53. The number of fused-ring (bicyclic) bond motifs is 2. The van der Waals surface area contributed by atoms with Gasteiger partial charge in [-0.1, -0.05) is 55.3 Å². The first kappa shape index (κ1) is 23.7. The third-order valence-corrected chi connectivity index (χ3v) is 7.18. The number of nitrogens with zero attached hydrogens (tertiary/aromatic N) is 2. The lowest BCUT2D eigenvalue weighted by atomic mass is 10.1. The van der Waals surface area contributed by atoms with Crippen LogP contribution >= 0.6 is 0 Å². The fourth-order valence-electron chi connectivity index (χ4n) is 3.91. The number of anilines is 2. The summed E-state index contributed by atoms with van der Waals surface area (Å²) in [5, 5.41) is 5.62. The smallest absolute Gasteiger partial charge is 0.241 e. The minimum atomic E-state index is -3.55. The van der Waals surface area contributed by atoms with E-state index in [1.807, 2.05) is 48.5 Å². The summed E-state index contributed by atoms with van der Waals surface area (Å²) in [5.41, 5.74) is 6.75. The van der Waals surface area contributed by atoms with Crippen LogP contribution in [0.4, 0.5) is 11.8 Å². The topological polar surface area (TPSA) is 119 Å². The quantitative estimate of drug-likeness (QED) is 0.274. The first-order chi connectivity index (χ1) is 16.5. The van der Waals surface area contributed by atoms with Crippen LogP contribution in [0.15, 0.2) is 65.6 Å². The van der Waals surface area contributed by atoms with Crippen molar-refractivity contribution in [3.05, 3.63) is 60.7 Å². The van der Waals surface area contributed by atoms with E-state index in [2.05, 4.69) is 20.0 Å². The number of unbranched alkanes of at least 4 members (excludes halogenated alkanes) is 3. The third-order valence-electron chi connectivity index (χ3n) is 5.66. The van der Waals surface area contributed by atoms with Crippen LogP contribution in [0.5, 0.6) is 5.75 Å². The zero-order valence-corrected chi connectivity index (χ0v) is 19.9. The molecule has 1 aromatic heterocycles. The molecular weight excluding hydrogens is 450 g/mol. The van der Waals surface area contributed by atoms with Gasteiger partial charge in [0.05, 0.1) is 12.0 Å². The number of nitrogens with one attached hydrogen (secondary N) is 2. The largest absolute Gasteiger partial charge is 0.494 e. The Morgan fingerprint density at radius 2 is 1.56 bits per heavy atom. The van der Waals surface area contributed by atoms with E-state index in [0.717, 1.165) is 41.8 Å². The number of sulfonamides is 1. The maximum Gasteiger partial charge on any atom is 0.241 e. The van der Waals surface area contributed by atoms with Crippen molar-refractivity contribution in [2.75, 3.05) is 31.2 Å². The summed E-state index contributed by atoms with van der Waals surface area (Å²) in [6.07, 6.45) is 3.54. The molecule has 4 N–H and O–H groups in total. The first-order valence-corrected chi connectivity index (χ1v) is 12.8. The second kappa shape index (κ2) is 10.7. The summed E-state index contributed by atoms with van der Waals surface area (Å²) >= 11 is 0. The molecule has 0 aliphatic heterocycles. The molecular formula is C25H29N5O3S. The maximum absolute atomic E-state index is 12.8. The van der Waals surface area contributed by atoms with Gasteiger partial charge < -0.3 is 15.8 Å². The standard InChI is InChI=1S/C25H29N5O3S/c1-33-21-14-9-13-20-23(21)29-25(30-24(20)26)27-16-6-2-3-7-17-28-34(31,32)22-15-8-11-18-10-4-5-12-19(18)22/h4-5,8-15,28H,2-3,6-7,16-17H2,1H3,(H3,26,27,29,30). The van der Waals surface area contributed by atoms with Gasteiger partial charge in [-0.05, 0) is 36.4 Å². The molecule has 0 fully saturated rings. The molecule has 178 valence electrons. The van der Waals surface area contributed by atoms with Crippen molar-refractivity contribution < 1.29 is 13.2 Å². The molecule has 0 saturated heterocycles. The monoisotopic (exact) mass is 479 g/mol. The average Bonchev–Trinajstić information content (AvgIpc) is 2.85. The summed E-state index contributed by atoms with van der Waals surface area (Å²) in [6, 6.07) is 18.4. The van der Waals surface area contributed by atoms with E-state index in [0.29, 0.717) is 41.0 Å². The van der Waals surface area contributed by atoms with Crippen LogP contribution < -0.4 is 20.5 Å². The average molecular weight is 480 g/mol. The van der Waals surface area contributed by atoms with Crippen LogP contribution in [-0.2, 0) is 10.0 Å². The summed E-state index contributed by atoms with van der Waals surface area (Å²) in [6.45, 7) is 1.10. The van der Waals surface area contributed by atoms with Gasteiger partial charge in [-0.25, -0.2) is 18.1 Å². The molecule has 0 saturated carbocycles. The van der Waals surface area contributed by atoms with Crippen molar-refractivity contribution in [1.29, 1.82) is 0 Å².